The fourth-order valence-electron chi connectivity index (χ4n) is 2.10. The summed E-state index contributed by atoms with van der Waals surface area (Å²) in [4.78, 5) is 13.1. The van der Waals surface area contributed by atoms with Gasteiger partial charge >= 0.3 is 0 Å². The molecule has 1 heterocycles. The average molecular weight is 237 g/mol. The van der Waals surface area contributed by atoms with E-state index in [1.54, 1.807) is 0 Å². The largest absolute Gasteiger partial charge is 0.366 e. The van der Waals surface area contributed by atoms with E-state index in [2.05, 4.69) is 4.90 Å². The third kappa shape index (κ3) is 2.81. The number of likely N-dealkylation sites (tertiary alicyclic amines) is 1. The van der Waals surface area contributed by atoms with Gasteiger partial charge in [-0.3, -0.25) is 9.69 Å². The molecule has 0 aromatic heterocycles. The van der Waals surface area contributed by atoms with E-state index in [0.717, 1.165) is 19.5 Å². The highest BCUT2D eigenvalue weighted by Crippen LogP contribution is 2.16. The average Bonchev–Trinajstić information content (AvgIpc) is 2.67. The van der Waals surface area contributed by atoms with Crippen molar-refractivity contribution in [2.75, 3.05) is 13.1 Å². The number of carbonyl (C=O) groups is 1. The van der Waals surface area contributed by atoms with Crippen molar-refractivity contribution < 1.29 is 9.18 Å². The summed E-state index contributed by atoms with van der Waals surface area (Å²) in [5, 5.41) is 0. The molecule has 2 rings (SSSR count). The van der Waals surface area contributed by atoms with Crippen molar-refractivity contribution in [3.8, 4) is 0 Å². The van der Waals surface area contributed by atoms with Gasteiger partial charge in [-0.25, -0.2) is 4.39 Å². The predicted octanol–water partition coefficient (Wildman–Crippen LogP) is 0.458. The van der Waals surface area contributed by atoms with Crippen molar-refractivity contribution in [3.05, 3.63) is 35.1 Å². The Morgan fingerprint density at radius 2 is 2.29 bits per heavy atom. The van der Waals surface area contributed by atoms with Gasteiger partial charge in [0.2, 0.25) is 5.91 Å². The Labute approximate surface area is 99.4 Å². The summed E-state index contributed by atoms with van der Waals surface area (Å²) in [7, 11) is 0. The Morgan fingerprint density at radius 1 is 1.53 bits per heavy atom. The standard InChI is InChI=1S/C12H16FN3O/c13-11-2-1-8(12(15)17)5-9(11)6-16-4-3-10(14)7-16/h1-2,5,10H,3-4,6-7,14H2,(H2,15,17)/t10-/m0/s1. The Balaban J connectivity index is 2.14. The zero-order chi connectivity index (χ0) is 12.4. The van der Waals surface area contributed by atoms with Crippen LogP contribution in [0.4, 0.5) is 4.39 Å². The molecule has 1 aliphatic rings. The number of carbonyl (C=O) groups excluding carboxylic acids is 1. The first kappa shape index (κ1) is 12.0. The molecule has 1 amide bonds. The Hall–Kier alpha value is -1.46. The van der Waals surface area contributed by atoms with Gasteiger partial charge in [0.25, 0.3) is 0 Å². The minimum atomic E-state index is -0.538. The minimum absolute atomic E-state index is 0.164. The molecule has 1 saturated heterocycles. The van der Waals surface area contributed by atoms with Gasteiger partial charge in [-0.15, -0.1) is 0 Å². The van der Waals surface area contributed by atoms with Gasteiger partial charge in [-0.05, 0) is 24.6 Å². The minimum Gasteiger partial charge on any atom is -0.366 e. The molecular weight excluding hydrogens is 221 g/mol. The van der Waals surface area contributed by atoms with Crippen molar-refractivity contribution in [1.29, 1.82) is 0 Å². The van der Waals surface area contributed by atoms with E-state index < -0.39 is 5.91 Å². The van der Waals surface area contributed by atoms with Gasteiger partial charge in [0.05, 0.1) is 0 Å². The van der Waals surface area contributed by atoms with E-state index in [-0.39, 0.29) is 11.9 Å². The van der Waals surface area contributed by atoms with Crippen molar-refractivity contribution in [1.82, 2.24) is 4.90 Å². The highest BCUT2D eigenvalue weighted by molar-refractivity contribution is 5.92. The lowest BCUT2D eigenvalue weighted by Gasteiger charge is -2.16. The second-order valence-corrected chi connectivity index (χ2v) is 4.45. The van der Waals surface area contributed by atoms with Gasteiger partial charge in [0, 0.05) is 36.8 Å². The zero-order valence-corrected chi connectivity index (χ0v) is 9.53. The third-order valence-corrected chi connectivity index (χ3v) is 3.03. The van der Waals surface area contributed by atoms with Crippen LogP contribution >= 0.6 is 0 Å². The quantitative estimate of drug-likeness (QED) is 0.802. The first-order valence-electron chi connectivity index (χ1n) is 5.62. The lowest BCUT2D eigenvalue weighted by Crippen LogP contribution is -2.26. The lowest BCUT2D eigenvalue weighted by molar-refractivity contribution is 0.1000. The zero-order valence-electron chi connectivity index (χ0n) is 9.53. The van der Waals surface area contributed by atoms with Crippen LogP contribution in [0.3, 0.4) is 0 Å². The number of nitrogens with two attached hydrogens (primary N) is 2. The number of nitrogens with zero attached hydrogens (tertiary/aromatic N) is 1. The number of rotatable bonds is 3. The number of hydrogen-bond acceptors (Lipinski definition) is 3. The number of benzene rings is 1. The molecule has 1 atom stereocenters. The van der Waals surface area contributed by atoms with Crippen LogP contribution in [0.15, 0.2) is 18.2 Å². The van der Waals surface area contributed by atoms with Crippen LogP contribution < -0.4 is 11.5 Å². The molecule has 1 aromatic rings. The van der Waals surface area contributed by atoms with Crippen molar-refractivity contribution in [2.45, 2.75) is 19.0 Å². The molecule has 1 aromatic carbocycles. The summed E-state index contributed by atoms with van der Waals surface area (Å²) in [5.74, 6) is -0.847. The number of primary amides is 1. The van der Waals surface area contributed by atoms with Gasteiger partial charge in [0.1, 0.15) is 5.82 Å². The number of halogens is 1. The van der Waals surface area contributed by atoms with Gasteiger partial charge < -0.3 is 11.5 Å². The maximum absolute atomic E-state index is 13.6. The maximum Gasteiger partial charge on any atom is 0.248 e. The molecule has 0 aliphatic carbocycles. The molecule has 0 saturated carbocycles. The molecule has 92 valence electrons. The predicted molar refractivity (Wildman–Crippen MR) is 62.8 cm³/mol. The fraction of sp³-hybridized carbons (Fsp3) is 0.417. The van der Waals surface area contributed by atoms with Gasteiger partial charge in [0.15, 0.2) is 0 Å². The molecule has 5 heteroatoms. The van der Waals surface area contributed by atoms with Crippen LogP contribution in [0.2, 0.25) is 0 Å². The Bertz CT molecular complexity index is 436. The SMILES string of the molecule is NC(=O)c1ccc(F)c(CN2CC[C@H](N)C2)c1. The van der Waals surface area contributed by atoms with E-state index >= 15 is 0 Å². The molecule has 1 aliphatic heterocycles. The molecule has 0 spiro atoms. The van der Waals surface area contributed by atoms with E-state index in [1.165, 1.54) is 18.2 Å². The van der Waals surface area contributed by atoms with Crippen LogP contribution in [-0.4, -0.2) is 29.9 Å². The summed E-state index contributed by atoms with van der Waals surface area (Å²) in [6, 6.07) is 4.36. The molecule has 0 unspecified atom stereocenters. The normalized spacial score (nSPS) is 20.7. The summed E-state index contributed by atoms with van der Waals surface area (Å²) < 4.78 is 13.6. The monoisotopic (exact) mass is 237 g/mol. The summed E-state index contributed by atoms with van der Waals surface area (Å²) >= 11 is 0. The van der Waals surface area contributed by atoms with E-state index in [4.69, 9.17) is 11.5 Å². The highest BCUT2D eigenvalue weighted by Gasteiger charge is 2.20. The van der Waals surface area contributed by atoms with Crippen molar-refractivity contribution in [3.63, 3.8) is 0 Å². The van der Waals surface area contributed by atoms with Crippen LogP contribution in [0.5, 0.6) is 0 Å². The molecule has 4 N–H and O–H groups in total. The van der Waals surface area contributed by atoms with Crippen molar-refractivity contribution >= 4 is 5.91 Å². The van der Waals surface area contributed by atoms with E-state index in [0.29, 0.717) is 17.7 Å². The summed E-state index contributed by atoms with van der Waals surface area (Å²) in [5.41, 5.74) is 11.8. The molecular formula is C12H16FN3O. The molecule has 1 fully saturated rings. The first-order chi connectivity index (χ1) is 8.06. The molecule has 4 nitrogen and oxygen atoms in total. The van der Waals surface area contributed by atoms with E-state index in [1.807, 2.05) is 0 Å². The van der Waals surface area contributed by atoms with Gasteiger partial charge in [-0.2, -0.15) is 0 Å². The molecule has 0 radical (unpaired) electrons. The third-order valence-electron chi connectivity index (χ3n) is 3.03. The number of amides is 1. The van der Waals surface area contributed by atoms with Crippen LogP contribution in [0, 0.1) is 5.82 Å². The topological polar surface area (TPSA) is 72.4 Å². The second-order valence-electron chi connectivity index (χ2n) is 4.45. The van der Waals surface area contributed by atoms with E-state index in [9.17, 15) is 9.18 Å². The molecule has 0 bridgehead atoms. The van der Waals surface area contributed by atoms with Crippen molar-refractivity contribution in [2.24, 2.45) is 11.5 Å². The highest BCUT2D eigenvalue weighted by atomic mass is 19.1. The maximum atomic E-state index is 13.6. The van der Waals surface area contributed by atoms with Crippen LogP contribution in [-0.2, 0) is 6.54 Å². The van der Waals surface area contributed by atoms with Gasteiger partial charge in [-0.1, -0.05) is 0 Å². The first-order valence-corrected chi connectivity index (χ1v) is 5.62. The lowest BCUT2D eigenvalue weighted by atomic mass is 10.1. The Kier molecular flexibility index (Phi) is 3.40. The second kappa shape index (κ2) is 4.81. The molecule has 17 heavy (non-hydrogen) atoms. The number of hydrogen-bond donors (Lipinski definition) is 2. The summed E-state index contributed by atoms with van der Waals surface area (Å²) in [6.07, 6.45) is 0.928. The smallest absolute Gasteiger partial charge is 0.248 e. The van der Waals surface area contributed by atoms with Crippen LogP contribution in [0.1, 0.15) is 22.3 Å². The summed E-state index contributed by atoms with van der Waals surface area (Å²) in [6.45, 7) is 2.10. The Morgan fingerprint density at radius 3 is 2.88 bits per heavy atom. The van der Waals surface area contributed by atoms with Crippen LogP contribution in [0.25, 0.3) is 0 Å². The fourth-order valence-corrected chi connectivity index (χ4v) is 2.10.